The fourth-order valence-electron chi connectivity index (χ4n) is 1.86. The molecule has 0 aliphatic rings. The zero-order valence-electron chi connectivity index (χ0n) is 10.2. The second kappa shape index (κ2) is 6.26. The predicted octanol–water partition coefficient (Wildman–Crippen LogP) is 4.28. The van der Waals surface area contributed by atoms with E-state index < -0.39 is 11.7 Å². The summed E-state index contributed by atoms with van der Waals surface area (Å²) in [5.41, 5.74) is 2.43. The maximum Gasteiger partial charge on any atom is 0.416 e. The zero-order chi connectivity index (χ0) is 14.8. The third-order valence-electron chi connectivity index (χ3n) is 2.90. The van der Waals surface area contributed by atoms with Crippen LogP contribution in [-0.4, -0.2) is 0 Å². The van der Waals surface area contributed by atoms with E-state index in [1.54, 1.807) is 6.07 Å². The number of alkyl halides is 3. The molecule has 0 bridgehead atoms. The lowest BCUT2D eigenvalue weighted by Gasteiger charge is -2.17. The maximum absolute atomic E-state index is 12.7. The van der Waals surface area contributed by atoms with Gasteiger partial charge in [-0.15, -0.1) is 11.3 Å². The number of rotatable bonds is 4. The van der Waals surface area contributed by atoms with Gasteiger partial charge < -0.3 is 0 Å². The third kappa shape index (κ3) is 3.60. The summed E-state index contributed by atoms with van der Waals surface area (Å²) in [6.07, 6.45) is -3.82. The van der Waals surface area contributed by atoms with Crippen molar-refractivity contribution in [2.45, 2.75) is 18.6 Å². The van der Waals surface area contributed by atoms with Crippen LogP contribution in [0.25, 0.3) is 0 Å². The van der Waals surface area contributed by atoms with Crippen molar-refractivity contribution in [2.75, 3.05) is 0 Å². The molecule has 2 rings (SSSR count). The highest BCUT2D eigenvalue weighted by molar-refractivity contribution is 9.10. The molecule has 7 heteroatoms. The van der Waals surface area contributed by atoms with Crippen LogP contribution in [0, 0.1) is 0 Å². The van der Waals surface area contributed by atoms with Gasteiger partial charge in [-0.05, 0) is 45.1 Å². The molecule has 0 aliphatic carbocycles. The molecule has 0 saturated carbocycles. The number of hydrazine groups is 1. The second-order valence-electron chi connectivity index (χ2n) is 4.24. The van der Waals surface area contributed by atoms with Gasteiger partial charge in [0.25, 0.3) is 0 Å². The summed E-state index contributed by atoms with van der Waals surface area (Å²) in [7, 11) is 0. The smallest absolute Gasteiger partial charge is 0.271 e. The summed E-state index contributed by atoms with van der Waals surface area (Å²) in [6.45, 7) is 0. The lowest BCUT2D eigenvalue weighted by molar-refractivity contribution is -0.137. The molecule has 0 aliphatic heterocycles. The van der Waals surface area contributed by atoms with Crippen LogP contribution in [-0.2, 0) is 12.6 Å². The van der Waals surface area contributed by atoms with Crippen molar-refractivity contribution in [1.82, 2.24) is 5.43 Å². The van der Waals surface area contributed by atoms with Crippen molar-refractivity contribution >= 4 is 27.3 Å². The maximum atomic E-state index is 12.7. The fraction of sp³-hybridized carbons (Fsp3) is 0.231. The molecule has 1 aromatic heterocycles. The molecule has 0 radical (unpaired) electrons. The van der Waals surface area contributed by atoms with Crippen LogP contribution in [0.5, 0.6) is 0 Å². The van der Waals surface area contributed by atoms with E-state index in [0.29, 0.717) is 12.0 Å². The van der Waals surface area contributed by atoms with Gasteiger partial charge in [-0.2, -0.15) is 13.2 Å². The lowest BCUT2D eigenvalue weighted by atomic mass is 10.0. The topological polar surface area (TPSA) is 38.0 Å². The molecular weight excluding hydrogens is 353 g/mol. The molecule has 0 amide bonds. The highest BCUT2D eigenvalue weighted by Gasteiger charge is 2.31. The van der Waals surface area contributed by atoms with Gasteiger partial charge in [-0.3, -0.25) is 11.3 Å². The highest BCUT2D eigenvalue weighted by atomic mass is 79.9. The van der Waals surface area contributed by atoms with Gasteiger partial charge in [0, 0.05) is 15.8 Å². The Kier molecular flexibility index (Phi) is 4.85. The Morgan fingerprint density at radius 3 is 2.60 bits per heavy atom. The molecule has 20 heavy (non-hydrogen) atoms. The molecular formula is C13H12BrF3N2S. The lowest BCUT2D eigenvalue weighted by Crippen LogP contribution is -2.29. The van der Waals surface area contributed by atoms with E-state index in [0.717, 1.165) is 21.5 Å². The number of benzene rings is 1. The minimum Gasteiger partial charge on any atom is -0.271 e. The molecule has 1 atom stereocenters. The Morgan fingerprint density at radius 2 is 2.05 bits per heavy atom. The Morgan fingerprint density at radius 1 is 1.30 bits per heavy atom. The van der Waals surface area contributed by atoms with Crippen molar-refractivity contribution in [2.24, 2.45) is 5.84 Å². The van der Waals surface area contributed by atoms with Crippen molar-refractivity contribution in [3.05, 3.63) is 56.2 Å². The van der Waals surface area contributed by atoms with E-state index in [1.807, 2.05) is 11.4 Å². The van der Waals surface area contributed by atoms with Gasteiger partial charge in [0.15, 0.2) is 0 Å². The van der Waals surface area contributed by atoms with E-state index in [1.165, 1.54) is 17.4 Å². The number of halogens is 4. The molecule has 0 saturated heterocycles. The second-order valence-corrected chi connectivity index (χ2v) is 6.09. The van der Waals surface area contributed by atoms with E-state index in [2.05, 4.69) is 21.4 Å². The summed E-state index contributed by atoms with van der Waals surface area (Å²) < 4.78 is 39.1. The predicted molar refractivity (Wildman–Crippen MR) is 77.2 cm³/mol. The molecule has 2 nitrogen and oxygen atoms in total. The first-order chi connectivity index (χ1) is 9.41. The molecule has 0 spiro atoms. The summed E-state index contributed by atoms with van der Waals surface area (Å²) in [5.74, 6) is 5.49. The van der Waals surface area contributed by atoms with Gasteiger partial charge in [0.2, 0.25) is 0 Å². The van der Waals surface area contributed by atoms with Crippen molar-refractivity contribution in [3.63, 3.8) is 0 Å². The van der Waals surface area contributed by atoms with Crippen LogP contribution >= 0.6 is 27.3 Å². The summed E-state index contributed by atoms with van der Waals surface area (Å²) in [4.78, 5) is 1.03. The van der Waals surface area contributed by atoms with Crippen molar-refractivity contribution < 1.29 is 13.2 Å². The summed E-state index contributed by atoms with van der Waals surface area (Å²) in [5, 5.41) is 1.92. The minimum atomic E-state index is -4.35. The standard InChI is InChI=1S/C13H12BrF3N2S/c14-10-4-5-20-12(10)7-11(19-18)8-2-1-3-9(6-8)13(15,16)17/h1-6,11,19H,7,18H2. The number of hydrogen-bond donors (Lipinski definition) is 2. The number of nitrogens with two attached hydrogens (primary N) is 1. The largest absolute Gasteiger partial charge is 0.416 e. The molecule has 2 aromatic rings. The molecule has 108 valence electrons. The fourth-order valence-corrected chi connectivity index (χ4v) is 3.42. The Balaban J connectivity index is 2.26. The van der Waals surface area contributed by atoms with Crippen LogP contribution in [0.2, 0.25) is 0 Å². The third-order valence-corrected chi connectivity index (χ3v) is 4.85. The Hall–Kier alpha value is -0.890. The van der Waals surface area contributed by atoms with Crippen LogP contribution in [0.4, 0.5) is 13.2 Å². The van der Waals surface area contributed by atoms with Crippen molar-refractivity contribution in [1.29, 1.82) is 0 Å². The van der Waals surface area contributed by atoms with Crippen molar-refractivity contribution in [3.8, 4) is 0 Å². The quantitative estimate of drug-likeness (QED) is 0.627. The molecule has 1 aromatic carbocycles. The number of thiophene rings is 1. The Labute approximate surface area is 126 Å². The number of nitrogens with one attached hydrogen (secondary N) is 1. The molecule has 0 fully saturated rings. The Bertz CT molecular complexity index is 583. The molecule has 1 heterocycles. The average molecular weight is 365 g/mol. The molecule has 3 N–H and O–H groups in total. The first-order valence-corrected chi connectivity index (χ1v) is 7.44. The van der Waals surface area contributed by atoms with Crippen LogP contribution in [0.1, 0.15) is 22.0 Å². The minimum absolute atomic E-state index is 0.368. The van der Waals surface area contributed by atoms with E-state index in [4.69, 9.17) is 5.84 Å². The summed E-state index contributed by atoms with van der Waals surface area (Å²) in [6, 6.07) is 6.75. The molecule has 1 unspecified atom stereocenters. The van der Waals surface area contributed by atoms with Gasteiger partial charge in [0.05, 0.1) is 11.6 Å². The van der Waals surface area contributed by atoms with E-state index in [-0.39, 0.29) is 6.04 Å². The van der Waals surface area contributed by atoms with Gasteiger partial charge in [-0.1, -0.05) is 12.1 Å². The normalized spacial score (nSPS) is 13.4. The SMILES string of the molecule is NNC(Cc1sccc1Br)c1cccc(C(F)(F)F)c1. The van der Waals surface area contributed by atoms with Gasteiger partial charge >= 0.3 is 6.18 Å². The van der Waals surface area contributed by atoms with E-state index in [9.17, 15) is 13.2 Å². The van der Waals surface area contributed by atoms with Gasteiger partial charge in [0.1, 0.15) is 0 Å². The van der Waals surface area contributed by atoms with Crippen LogP contribution in [0.15, 0.2) is 40.2 Å². The van der Waals surface area contributed by atoms with Crippen LogP contribution < -0.4 is 11.3 Å². The zero-order valence-corrected chi connectivity index (χ0v) is 12.6. The number of hydrogen-bond acceptors (Lipinski definition) is 3. The highest BCUT2D eigenvalue weighted by Crippen LogP contribution is 2.32. The van der Waals surface area contributed by atoms with Gasteiger partial charge in [-0.25, -0.2) is 0 Å². The first-order valence-electron chi connectivity index (χ1n) is 5.77. The van der Waals surface area contributed by atoms with Crippen LogP contribution in [0.3, 0.4) is 0 Å². The average Bonchev–Trinajstić information content (AvgIpc) is 2.80. The van der Waals surface area contributed by atoms with E-state index >= 15 is 0 Å². The monoisotopic (exact) mass is 364 g/mol. The summed E-state index contributed by atoms with van der Waals surface area (Å²) >= 11 is 4.94. The first kappa shape index (κ1) is 15.5.